The molecule has 0 unspecified atom stereocenters. The highest BCUT2D eigenvalue weighted by Gasteiger charge is 2.28. The van der Waals surface area contributed by atoms with Crippen molar-refractivity contribution in [1.82, 2.24) is 19.9 Å². The third kappa shape index (κ3) is 3.62. The molecule has 2 fully saturated rings. The number of aromatic nitrogens is 3. The molecule has 1 aliphatic heterocycles. The van der Waals surface area contributed by atoms with Gasteiger partial charge in [0.05, 0.1) is 17.6 Å². The Balaban J connectivity index is 1.45. The minimum Gasteiger partial charge on any atom is -0.473 e. The first-order chi connectivity index (χ1) is 13.4. The zero-order chi connectivity index (χ0) is 18.1. The first-order valence-electron chi connectivity index (χ1n) is 9.91. The van der Waals surface area contributed by atoms with Crippen LogP contribution in [0.5, 0.6) is 5.88 Å². The van der Waals surface area contributed by atoms with E-state index in [9.17, 15) is 0 Å². The first-order valence-corrected chi connectivity index (χ1v) is 9.91. The van der Waals surface area contributed by atoms with Crippen LogP contribution >= 0.6 is 0 Å². The van der Waals surface area contributed by atoms with Gasteiger partial charge >= 0.3 is 0 Å². The van der Waals surface area contributed by atoms with E-state index in [0.29, 0.717) is 11.8 Å². The molecule has 6 heteroatoms. The van der Waals surface area contributed by atoms with Crippen LogP contribution in [0.3, 0.4) is 0 Å². The van der Waals surface area contributed by atoms with Crippen molar-refractivity contribution in [2.75, 3.05) is 18.4 Å². The van der Waals surface area contributed by atoms with Crippen molar-refractivity contribution in [2.24, 2.45) is 0 Å². The Labute approximate surface area is 159 Å². The van der Waals surface area contributed by atoms with Gasteiger partial charge < -0.3 is 15.4 Å². The van der Waals surface area contributed by atoms with Gasteiger partial charge in [-0.25, -0.2) is 9.50 Å². The molecule has 3 aromatic rings. The van der Waals surface area contributed by atoms with Gasteiger partial charge in [-0.05, 0) is 44.3 Å². The number of imidazole rings is 1. The lowest BCUT2D eigenvalue weighted by molar-refractivity contribution is 0.154. The van der Waals surface area contributed by atoms with Gasteiger partial charge in [-0.3, -0.25) is 0 Å². The van der Waals surface area contributed by atoms with Gasteiger partial charge in [0.2, 0.25) is 5.88 Å². The Kier molecular flexibility index (Phi) is 4.41. The molecule has 6 nitrogen and oxygen atoms in total. The number of hydrogen-bond donors (Lipinski definition) is 2. The zero-order valence-electron chi connectivity index (χ0n) is 15.4. The van der Waals surface area contributed by atoms with E-state index in [4.69, 9.17) is 9.84 Å². The SMILES string of the molecule is c1ccc(CNc2cc(OC3CCNCC3)nn3c(C4CC4)cnc23)cc1. The third-order valence-electron chi connectivity index (χ3n) is 5.37. The molecule has 2 aliphatic rings. The van der Waals surface area contributed by atoms with Crippen LogP contribution in [0.4, 0.5) is 5.69 Å². The summed E-state index contributed by atoms with van der Waals surface area (Å²) in [5.74, 6) is 1.27. The summed E-state index contributed by atoms with van der Waals surface area (Å²) in [5.41, 5.74) is 4.29. The molecule has 1 aromatic carbocycles. The second kappa shape index (κ2) is 7.19. The molecule has 5 rings (SSSR count). The second-order valence-electron chi connectivity index (χ2n) is 7.50. The van der Waals surface area contributed by atoms with Crippen LogP contribution in [0.25, 0.3) is 5.65 Å². The Hall–Kier alpha value is -2.60. The fourth-order valence-electron chi connectivity index (χ4n) is 3.69. The first kappa shape index (κ1) is 16.6. The van der Waals surface area contributed by atoms with Crippen LogP contribution in [0.1, 0.15) is 42.9 Å². The maximum atomic E-state index is 6.24. The van der Waals surface area contributed by atoms with Gasteiger partial charge in [0.1, 0.15) is 6.10 Å². The highest BCUT2D eigenvalue weighted by atomic mass is 16.5. The highest BCUT2D eigenvalue weighted by Crippen LogP contribution is 2.40. The van der Waals surface area contributed by atoms with Crippen molar-refractivity contribution in [3.05, 3.63) is 53.9 Å². The zero-order valence-corrected chi connectivity index (χ0v) is 15.4. The molecule has 0 bridgehead atoms. The van der Waals surface area contributed by atoms with Crippen molar-refractivity contribution >= 4 is 11.3 Å². The fraction of sp³-hybridized carbons (Fsp3) is 0.429. The minimum atomic E-state index is 0.228. The van der Waals surface area contributed by atoms with Crippen LogP contribution in [0, 0.1) is 0 Å². The average molecular weight is 363 g/mol. The number of ether oxygens (including phenoxy) is 1. The number of nitrogens with one attached hydrogen (secondary N) is 2. The van der Waals surface area contributed by atoms with Gasteiger partial charge in [-0.15, -0.1) is 5.10 Å². The summed E-state index contributed by atoms with van der Waals surface area (Å²) < 4.78 is 8.23. The average Bonchev–Trinajstić information content (AvgIpc) is 3.47. The molecule has 0 amide bonds. The maximum absolute atomic E-state index is 6.24. The van der Waals surface area contributed by atoms with Crippen LogP contribution in [-0.2, 0) is 6.54 Å². The molecular weight excluding hydrogens is 338 g/mol. The topological polar surface area (TPSA) is 63.5 Å². The van der Waals surface area contributed by atoms with Crippen molar-refractivity contribution < 1.29 is 4.74 Å². The number of benzene rings is 1. The van der Waals surface area contributed by atoms with Gasteiger partial charge in [0, 0.05) is 18.5 Å². The largest absolute Gasteiger partial charge is 0.473 e. The molecule has 2 N–H and O–H groups in total. The van der Waals surface area contributed by atoms with E-state index < -0.39 is 0 Å². The number of hydrogen-bond acceptors (Lipinski definition) is 5. The third-order valence-corrected chi connectivity index (χ3v) is 5.37. The van der Waals surface area contributed by atoms with E-state index >= 15 is 0 Å². The molecule has 27 heavy (non-hydrogen) atoms. The highest BCUT2D eigenvalue weighted by molar-refractivity contribution is 5.68. The molecule has 2 aromatic heterocycles. The Bertz CT molecular complexity index is 913. The molecule has 1 saturated heterocycles. The van der Waals surface area contributed by atoms with Crippen LogP contribution in [0.15, 0.2) is 42.6 Å². The van der Waals surface area contributed by atoms with Crippen LogP contribution in [-0.4, -0.2) is 33.8 Å². The lowest BCUT2D eigenvalue weighted by atomic mass is 10.1. The predicted molar refractivity (Wildman–Crippen MR) is 105 cm³/mol. The van der Waals surface area contributed by atoms with Crippen LogP contribution in [0.2, 0.25) is 0 Å². The van der Waals surface area contributed by atoms with Gasteiger partial charge in [0.25, 0.3) is 0 Å². The Morgan fingerprint density at radius 3 is 2.70 bits per heavy atom. The summed E-state index contributed by atoms with van der Waals surface area (Å²) in [5, 5.41) is 11.7. The Morgan fingerprint density at radius 2 is 1.93 bits per heavy atom. The van der Waals surface area contributed by atoms with Crippen molar-refractivity contribution in [2.45, 2.75) is 44.2 Å². The molecule has 1 saturated carbocycles. The van der Waals surface area contributed by atoms with Crippen molar-refractivity contribution in [1.29, 1.82) is 0 Å². The minimum absolute atomic E-state index is 0.228. The van der Waals surface area contributed by atoms with Gasteiger partial charge in [-0.2, -0.15) is 0 Å². The lowest BCUT2D eigenvalue weighted by Crippen LogP contribution is -2.34. The molecule has 3 heterocycles. The summed E-state index contributed by atoms with van der Waals surface area (Å²) in [7, 11) is 0. The lowest BCUT2D eigenvalue weighted by Gasteiger charge is -2.23. The predicted octanol–water partition coefficient (Wildman–Crippen LogP) is 3.35. The van der Waals surface area contributed by atoms with E-state index in [1.54, 1.807) is 0 Å². The summed E-state index contributed by atoms with van der Waals surface area (Å²) >= 11 is 0. The molecule has 0 spiro atoms. The molecule has 140 valence electrons. The number of anilines is 1. The summed E-state index contributed by atoms with van der Waals surface area (Å²) in [6.45, 7) is 2.76. The number of piperidine rings is 1. The van der Waals surface area contributed by atoms with E-state index in [0.717, 1.165) is 43.8 Å². The van der Waals surface area contributed by atoms with Crippen molar-refractivity contribution in [3.63, 3.8) is 0 Å². The maximum Gasteiger partial charge on any atom is 0.234 e. The van der Waals surface area contributed by atoms with E-state index in [1.807, 2.05) is 22.8 Å². The monoisotopic (exact) mass is 363 g/mol. The van der Waals surface area contributed by atoms with Crippen LogP contribution < -0.4 is 15.4 Å². The normalized spacial score (nSPS) is 17.9. The smallest absolute Gasteiger partial charge is 0.234 e. The number of fused-ring (bicyclic) bond motifs is 1. The van der Waals surface area contributed by atoms with E-state index in [1.165, 1.54) is 24.1 Å². The standard InChI is InChI=1S/C21H25N5O/c1-2-4-15(5-3-1)13-23-18-12-20(27-17-8-10-22-11-9-17)25-26-19(16-6-7-16)14-24-21(18)26/h1-5,12,14,16-17,22-23H,6-11,13H2. The number of nitrogens with zero attached hydrogens (tertiary/aromatic N) is 3. The molecule has 0 radical (unpaired) electrons. The second-order valence-corrected chi connectivity index (χ2v) is 7.50. The molecule has 1 aliphatic carbocycles. The fourth-order valence-corrected chi connectivity index (χ4v) is 3.69. The van der Waals surface area contributed by atoms with E-state index in [2.05, 4.69) is 39.9 Å². The summed E-state index contributed by atoms with van der Waals surface area (Å²) in [4.78, 5) is 4.65. The summed E-state index contributed by atoms with van der Waals surface area (Å²) in [6.07, 6.45) is 6.69. The van der Waals surface area contributed by atoms with E-state index in [-0.39, 0.29) is 6.10 Å². The molecular formula is C21H25N5O. The number of rotatable bonds is 6. The van der Waals surface area contributed by atoms with Gasteiger partial charge in [-0.1, -0.05) is 30.3 Å². The quantitative estimate of drug-likeness (QED) is 0.703. The molecule has 0 atom stereocenters. The summed E-state index contributed by atoms with van der Waals surface area (Å²) in [6, 6.07) is 12.4. The van der Waals surface area contributed by atoms with Crippen molar-refractivity contribution in [3.8, 4) is 5.88 Å². The van der Waals surface area contributed by atoms with Gasteiger partial charge in [0.15, 0.2) is 5.65 Å². The Morgan fingerprint density at radius 1 is 1.11 bits per heavy atom.